The molecule has 1 aliphatic carbocycles. The average molecular weight is 315 g/mol. The van der Waals surface area contributed by atoms with Crippen molar-refractivity contribution in [3.63, 3.8) is 0 Å². The quantitative estimate of drug-likeness (QED) is 0.727. The van der Waals surface area contributed by atoms with Crippen LogP contribution in [0.3, 0.4) is 0 Å². The van der Waals surface area contributed by atoms with E-state index in [0.29, 0.717) is 6.42 Å². The molecule has 0 spiro atoms. The molecule has 1 aromatic carbocycles. The van der Waals surface area contributed by atoms with Gasteiger partial charge in [-0.1, -0.05) is 43.7 Å². The van der Waals surface area contributed by atoms with Crippen molar-refractivity contribution < 1.29 is 9.90 Å². The molecule has 0 amide bonds. The summed E-state index contributed by atoms with van der Waals surface area (Å²) in [4.78, 5) is 11.0. The molecule has 23 heavy (non-hydrogen) atoms. The Morgan fingerprint density at radius 2 is 2.00 bits per heavy atom. The summed E-state index contributed by atoms with van der Waals surface area (Å²) in [5, 5.41) is 12.4. The van der Waals surface area contributed by atoms with Crippen molar-refractivity contribution >= 4 is 11.7 Å². The first kappa shape index (κ1) is 17.6. The molecular weight excluding hydrogens is 286 g/mol. The molecule has 0 saturated carbocycles. The maximum Gasteiger partial charge on any atom is 0.303 e. The SMILES string of the molecule is CNc1ccccc1C1(CCCC(=O)O)CC=C(C)CC1(C)C. The molecule has 1 aromatic rings. The largest absolute Gasteiger partial charge is 0.481 e. The molecule has 1 aliphatic rings. The van der Waals surface area contributed by atoms with Gasteiger partial charge < -0.3 is 10.4 Å². The van der Waals surface area contributed by atoms with Gasteiger partial charge >= 0.3 is 5.97 Å². The van der Waals surface area contributed by atoms with E-state index in [1.807, 2.05) is 7.05 Å². The first-order valence-electron chi connectivity index (χ1n) is 8.47. The van der Waals surface area contributed by atoms with Gasteiger partial charge in [-0.2, -0.15) is 0 Å². The van der Waals surface area contributed by atoms with Crippen LogP contribution >= 0.6 is 0 Å². The maximum absolute atomic E-state index is 11.0. The molecule has 2 rings (SSSR count). The van der Waals surface area contributed by atoms with Gasteiger partial charge in [-0.3, -0.25) is 4.79 Å². The van der Waals surface area contributed by atoms with Gasteiger partial charge in [0.15, 0.2) is 0 Å². The second kappa shape index (κ2) is 6.77. The number of allylic oxidation sites excluding steroid dienone is 2. The number of hydrogen-bond donors (Lipinski definition) is 2. The smallest absolute Gasteiger partial charge is 0.303 e. The fourth-order valence-corrected chi connectivity index (χ4v) is 4.27. The van der Waals surface area contributed by atoms with Crippen LogP contribution in [0, 0.1) is 5.41 Å². The second-order valence-electron chi connectivity index (χ2n) is 7.44. The molecule has 0 aromatic heterocycles. The highest BCUT2D eigenvalue weighted by Gasteiger charge is 2.47. The summed E-state index contributed by atoms with van der Waals surface area (Å²) < 4.78 is 0. The summed E-state index contributed by atoms with van der Waals surface area (Å²) in [6.45, 7) is 6.86. The third-order valence-electron chi connectivity index (χ3n) is 5.52. The predicted octanol–water partition coefficient (Wildman–Crippen LogP) is 4.99. The Morgan fingerprint density at radius 1 is 1.30 bits per heavy atom. The number of carboxylic acids is 1. The standard InChI is InChI=1S/C20H29NO2/c1-15-11-13-20(19(2,3)14-15,12-7-10-18(22)23)16-8-5-6-9-17(16)21-4/h5-6,8-9,11,21H,7,10,12-14H2,1-4H3,(H,22,23). The van der Waals surface area contributed by atoms with Gasteiger partial charge in [-0.15, -0.1) is 0 Å². The number of anilines is 1. The zero-order valence-corrected chi connectivity index (χ0v) is 14.8. The summed E-state index contributed by atoms with van der Waals surface area (Å²) in [6, 6.07) is 8.48. The van der Waals surface area contributed by atoms with Crippen molar-refractivity contribution in [1.82, 2.24) is 0 Å². The number of para-hydroxylation sites is 1. The lowest BCUT2D eigenvalue weighted by molar-refractivity contribution is -0.137. The van der Waals surface area contributed by atoms with E-state index in [2.05, 4.69) is 56.4 Å². The molecular formula is C20H29NO2. The minimum Gasteiger partial charge on any atom is -0.481 e. The topological polar surface area (TPSA) is 49.3 Å². The fraction of sp³-hybridized carbons (Fsp3) is 0.550. The highest BCUT2D eigenvalue weighted by atomic mass is 16.4. The number of aliphatic carboxylic acids is 1. The average Bonchev–Trinajstić information content (AvgIpc) is 2.48. The molecule has 1 atom stereocenters. The predicted molar refractivity (Wildman–Crippen MR) is 95.9 cm³/mol. The van der Waals surface area contributed by atoms with Gasteiger partial charge in [0.05, 0.1) is 0 Å². The van der Waals surface area contributed by atoms with E-state index in [1.54, 1.807) is 0 Å². The number of hydrogen-bond acceptors (Lipinski definition) is 2. The van der Waals surface area contributed by atoms with Crippen LogP contribution < -0.4 is 5.32 Å². The minimum absolute atomic E-state index is 0.0262. The van der Waals surface area contributed by atoms with Gasteiger partial charge in [-0.25, -0.2) is 0 Å². The molecule has 126 valence electrons. The summed E-state index contributed by atoms with van der Waals surface area (Å²) in [7, 11) is 1.96. The van der Waals surface area contributed by atoms with Crippen molar-refractivity contribution in [2.24, 2.45) is 5.41 Å². The molecule has 0 bridgehead atoms. The highest BCUT2D eigenvalue weighted by molar-refractivity contribution is 5.66. The van der Waals surface area contributed by atoms with E-state index < -0.39 is 5.97 Å². The summed E-state index contributed by atoms with van der Waals surface area (Å²) in [6.07, 6.45) is 6.22. The number of benzene rings is 1. The van der Waals surface area contributed by atoms with Gasteiger partial charge in [0.25, 0.3) is 0 Å². The molecule has 0 aliphatic heterocycles. The molecule has 3 heteroatoms. The van der Waals surface area contributed by atoms with Gasteiger partial charge in [0, 0.05) is 24.6 Å². The zero-order valence-electron chi connectivity index (χ0n) is 14.8. The van der Waals surface area contributed by atoms with Crippen molar-refractivity contribution in [2.75, 3.05) is 12.4 Å². The Hall–Kier alpha value is -1.77. The number of carbonyl (C=O) groups is 1. The van der Waals surface area contributed by atoms with Crippen LogP contribution in [-0.2, 0) is 10.2 Å². The van der Waals surface area contributed by atoms with E-state index in [0.717, 1.165) is 24.9 Å². The minimum atomic E-state index is -0.706. The number of rotatable bonds is 6. The van der Waals surface area contributed by atoms with Gasteiger partial charge in [-0.05, 0) is 49.7 Å². The third kappa shape index (κ3) is 3.44. The normalized spacial score (nSPS) is 23.2. The fourth-order valence-electron chi connectivity index (χ4n) is 4.27. The monoisotopic (exact) mass is 315 g/mol. The van der Waals surface area contributed by atoms with Crippen LogP contribution in [0.2, 0.25) is 0 Å². The van der Waals surface area contributed by atoms with E-state index in [1.165, 1.54) is 11.1 Å². The molecule has 0 fully saturated rings. The Bertz CT molecular complexity index is 603. The zero-order chi connectivity index (χ0) is 17.1. The van der Waals surface area contributed by atoms with E-state index in [4.69, 9.17) is 5.11 Å². The van der Waals surface area contributed by atoms with Crippen molar-refractivity contribution in [3.05, 3.63) is 41.5 Å². The van der Waals surface area contributed by atoms with E-state index in [-0.39, 0.29) is 17.3 Å². The Labute approximate surface area is 139 Å². The van der Waals surface area contributed by atoms with E-state index >= 15 is 0 Å². The lowest BCUT2D eigenvalue weighted by Crippen LogP contribution is -2.44. The Morgan fingerprint density at radius 3 is 2.61 bits per heavy atom. The van der Waals surface area contributed by atoms with Crippen molar-refractivity contribution in [1.29, 1.82) is 0 Å². The van der Waals surface area contributed by atoms with Crippen LogP contribution in [0.1, 0.15) is 58.4 Å². The van der Waals surface area contributed by atoms with Crippen LogP contribution in [0.5, 0.6) is 0 Å². The Balaban J connectivity index is 2.49. The molecule has 1 unspecified atom stereocenters. The lowest BCUT2D eigenvalue weighted by Gasteiger charge is -2.51. The lowest BCUT2D eigenvalue weighted by atomic mass is 9.53. The Kier molecular flexibility index (Phi) is 5.18. The van der Waals surface area contributed by atoms with Crippen LogP contribution in [-0.4, -0.2) is 18.1 Å². The van der Waals surface area contributed by atoms with Crippen molar-refractivity contribution in [2.45, 2.75) is 58.3 Å². The van der Waals surface area contributed by atoms with E-state index in [9.17, 15) is 4.79 Å². The molecule has 0 heterocycles. The molecule has 2 N–H and O–H groups in total. The summed E-state index contributed by atoms with van der Waals surface area (Å²) >= 11 is 0. The number of carboxylic acid groups (broad SMARTS) is 1. The van der Waals surface area contributed by atoms with Crippen LogP contribution in [0.4, 0.5) is 5.69 Å². The maximum atomic E-state index is 11.0. The van der Waals surface area contributed by atoms with Crippen LogP contribution in [0.25, 0.3) is 0 Å². The molecule has 3 nitrogen and oxygen atoms in total. The summed E-state index contributed by atoms with van der Waals surface area (Å²) in [5.74, 6) is -0.706. The second-order valence-corrected chi connectivity index (χ2v) is 7.44. The van der Waals surface area contributed by atoms with Gasteiger partial charge in [0.2, 0.25) is 0 Å². The van der Waals surface area contributed by atoms with Crippen molar-refractivity contribution in [3.8, 4) is 0 Å². The first-order chi connectivity index (χ1) is 10.8. The third-order valence-corrected chi connectivity index (χ3v) is 5.52. The molecule has 0 radical (unpaired) electrons. The van der Waals surface area contributed by atoms with Crippen LogP contribution in [0.15, 0.2) is 35.9 Å². The first-order valence-corrected chi connectivity index (χ1v) is 8.47. The van der Waals surface area contributed by atoms with Gasteiger partial charge in [0.1, 0.15) is 0 Å². The highest BCUT2D eigenvalue weighted by Crippen LogP contribution is 2.55. The number of nitrogens with one attached hydrogen (secondary N) is 1. The summed E-state index contributed by atoms with van der Waals surface area (Å²) in [5.41, 5.74) is 3.98. The molecule has 0 saturated heterocycles.